The van der Waals surface area contributed by atoms with Crippen LogP contribution in [0.5, 0.6) is 0 Å². The Labute approximate surface area is 276 Å². The highest BCUT2D eigenvalue weighted by molar-refractivity contribution is 9.10. The number of halogens is 1. The molecule has 46 heavy (non-hydrogen) atoms. The number of ether oxygens (including phenoxy) is 1. The molecular weight excluding hydrogens is 670 g/mol. The number of non-ortho nitro benzene ring substituents is 1. The normalized spacial score (nSPS) is 14.7. The van der Waals surface area contributed by atoms with Crippen molar-refractivity contribution in [2.24, 2.45) is 4.99 Å². The molecule has 6 rings (SSSR count). The fourth-order valence-corrected chi connectivity index (χ4v) is 6.88. The lowest BCUT2D eigenvalue weighted by Gasteiger charge is -2.26. The van der Waals surface area contributed by atoms with Crippen molar-refractivity contribution in [3.05, 3.63) is 147 Å². The van der Waals surface area contributed by atoms with E-state index >= 15 is 0 Å². The summed E-state index contributed by atoms with van der Waals surface area (Å²) in [4.78, 5) is 43.8. The van der Waals surface area contributed by atoms with Crippen LogP contribution in [0.3, 0.4) is 0 Å². The predicted octanol–water partition coefficient (Wildman–Crippen LogP) is 6.99. The number of nitro groups is 1. The SMILES string of the molecule is CCOC(=O)C1=C(c2ccccc2)N=c2s/c(=C\c3ccc(-c4ccc([N+](=O)[O-])cc4Br)o3)c(=O)n2[C@@H]1c1ccc(C(C)C)cc1. The second-order valence-corrected chi connectivity index (χ2v) is 12.7. The molecule has 0 saturated carbocycles. The second-order valence-electron chi connectivity index (χ2n) is 10.9. The second kappa shape index (κ2) is 12.9. The van der Waals surface area contributed by atoms with Crippen LogP contribution in [-0.2, 0) is 9.53 Å². The molecule has 2 aromatic heterocycles. The summed E-state index contributed by atoms with van der Waals surface area (Å²) in [5.74, 6) is 0.651. The zero-order valence-corrected chi connectivity index (χ0v) is 27.5. The Morgan fingerprint density at radius 1 is 1.11 bits per heavy atom. The van der Waals surface area contributed by atoms with Crippen molar-refractivity contribution in [3.8, 4) is 11.3 Å². The smallest absolute Gasteiger partial charge is 0.338 e. The molecule has 3 heterocycles. The van der Waals surface area contributed by atoms with E-state index in [0.29, 0.717) is 42.5 Å². The Bertz CT molecular complexity index is 2180. The molecule has 9 nitrogen and oxygen atoms in total. The van der Waals surface area contributed by atoms with Gasteiger partial charge in [-0.2, -0.15) is 0 Å². The first-order valence-electron chi connectivity index (χ1n) is 14.6. The van der Waals surface area contributed by atoms with Crippen molar-refractivity contribution in [2.75, 3.05) is 6.61 Å². The van der Waals surface area contributed by atoms with Crippen LogP contribution >= 0.6 is 27.3 Å². The van der Waals surface area contributed by atoms with Gasteiger partial charge in [0.2, 0.25) is 0 Å². The van der Waals surface area contributed by atoms with Crippen molar-refractivity contribution in [1.29, 1.82) is 0 Å². The molecule has 0 fully saturated rings. The number of benzene rings is 3. The Morgan fingerprint density at radius 2 is 1.85 bits per heavy atom. The van der Waals surface area contributed by atoms with E-state index < -0.39 is 16.9 Å². The maximum atomic E-state index is 14.2. The highest BCUT2D eigenvalue weighted by Gasteiger charge is 2.35. The fraction of sp³-hybridized carbons (Fsp3) is 0.171. The average molecular weight is 699 g/mol. The highest BCUT2D eigenvalue weighted by atomic mass is 79.9. The van der Waals surface area contributed by atoms with Gasteiger partial charge < -0.3 is 9.15 Å². The molecule has 0 radical (unpaired) electrons. The lowest BCUT2D eigenvalue weighted by atomic mass is 9.91. The molecule has 232 valence electrons. The van der Waals surface area contributed by atoms with Crippen LogP contribution < -0.4 is 14.9 Å². The van der Waals surface area contributed by atoms with Crippen LogP contribution in [0.2, 0.25) is 0 Å². The number of fused-ring (bicyclic) bond motifs is 1. The maximum absolute atomic E-state index is 14.2. The maximum Gasteiger partial charge on any atom is 0.338 e. The number of carbonyl (C=O) groups excluding carboxylic acids is 1. The van der Waals surface area contributed by atoms with Gasteiger partial charge in [-0.05, 0) is 58.1 Å². The number of nitrogens with zero attached hydrogens (tertiary/aromatic N) is 3. The standard InChI is InChI=1S/C35H28BrN3O6S/c1-4-44-34(41)30-31(22-8-6-5-7-9-22)37-35-38(32(30)23-12-10-21(11-13-23)20(2)3)33(40)29(46-35)19-25-15-17-28(45-25)26-16-14-24(39(42)43)18-27(26)36/h5-20,32H,4H2,1-3H3/b29-19-/t32-/m1/s1. The first kappa shape index (κ1) is 31.1. The Morgan fingerprint density at radius 3 is 2.50 bits per heavy atom. The van der Waals surface area contributed by atoms with E-state index in [-0.39, 0.29) is 23.4 Å². The molecule has 5 aromatic rings. The van der Waals surface area contributed by atoms with Gasteiger partial charge in [-0.3, -0.25) is 19.5 Å². The van der Waals surface area contributed by atoms with Gasteiger partial charge in [0.1, 0.15) is 11.5 Å². The summed E-state index contributed by atoms with van der Waals surface area (Å²) in [6.45, 7) is 6.13. The van der Waals surface area contributed by atoms with Gasteiger partial charge in [0.25, 0.3) is 11.2 Å². The minimum Gasteiger partial charge on any atom is -0.463 e. The number of furan rings is 1. The van der Waals surface area contributed by atoms with Gasteiger partial charge in [-0.25, -0.2) is 9.79 Å². The fourth-order valence-electron chi connectivity index (χ4n) is 5.34. The van der Waals surface area contributed by atoms with E-state index in [1.54, 1.807) is 35.8 Å². The van der Waals surface area contributed by atoms with Crippen LogP contribution in [-0.4, -0.2) is 22.1 Å². The number of rotatable bonds is 8. The molecule has 0 unspecified atom stereocenters. The number of esters is 1. The zero-order chi connectivity index (χ0) is 32.5. The molecule has 1 aliphatic rings. The first-order valence-corrected chi connectivity index (χ1v) is 16.2. The lowest BCUT2D eigenvalue weighted by molar-refractivity contribution is -0.384. The summed E-state index contributed by atoms with van der Waals surface area (Å²) in [5, 5.41) is 11.2. The summed E-state index contributed by atoms with van der Waals surface area (Å²) in [6.07, 6.45) is 1.64. The minimum atomic E-state index is -0.780. The molecule has 1 atom stereocenters. The van der Waals surface area contributed by atoms with Crippen molar-refractivity contribution >= 4 is 50.7 Å². The van der Waals surface area contributed by atoms with Crippen molar-refractivity contribution in [2.45, 2.75) is 32.7 Å². The van der Waals surface area contributed by atoms with Crippen molar-refractivity contribution in [3.63, 3.8) is 0 Å². The number of hydrogen-bond acceptors (Lipinski definition) is 8. The number of hydrogen-bond donors (Lipinski definition) is 0. The third kappa shape index (κ3) is 5.91. The summed E-state index contributed by atoms with van der Waals surface area (Å²) in [7, 11) is 0. The number of aromatic nitrogens is 1. The zero-order valence-electron chi connectivity index (χ0n) is 25.1. The number of thiazole rings is 1. The van der Waals surface area contributed by atoms with Gasteiger partial charge in [0.15, 0.2) is 4.80 Å². The monoisotopic (exact) mass is 697 g/mol. The van der Waals surface area contributed by atoms with Gasteiger partial charge in [-0.1, -0.05) is 79.8 Å². The van der Waals surface area contributed by atoms with E-state index in [9.17, 15) is 19.7 Å². The van der Waals surface area contributed by atoms with Gasteiger partial charge >= 0.3 is 5.97 Å². The van der Waals surface area contributed by atoms with Gasteiger partial charge in [-0.15, -0.1) is 0 Å². The van der Waals surface area contributed by atoms with Gasteiger partial charge in [0, 0.05) is 33.8 Å². The molecule has 0 aliphatic carbocycles. The van der Waals surface area contributed by atoms with Crippen LogP contribution in [0, 0.1) is 10.1 Å². The first-order chi connectivity index (χ1) is 22.2. The van der Waals surface area contributed by atoms with E-state index in [0.717, 1.165) is 16.7 Å². The van der Waals surface area contributed by atoms with Crippen LogP contribution in [0.25, 0.3) is 23.1 Å². The highest BCUT2D eigenvalue weighted by Crippen LogP contribution is 2.36. The Balaban J connectivity index is 1.53. The number of carbonyl (C=O) groups is 1. The minimum absolute atomic E-state index is 0.0472. The molecule has 1 aliphatic heterocycles. The van der Waals surface area contributed by atoms with E-state index in [1.807, 2.05) is 54.6 Å². The summed E-state index contributed by atoms with van der Waals surface area (Å²) in [6, 6.07) is 24.4. The summed E-state index contributed by atoms with van der Waals surface area (Å²) in [5.41, 5.74) is 3.61. The largest absolute Gasteiger partial charge is 0.463 e. The number of nitro benzene ring substituents is 1. The molecule has 0 N–H and O–H groups in total. The predicted molar refractivity (Wildman–Crippen MR) is 180 cm³/mol. The third-order valence-corrected chi connectivity index (χ3v) is 9.26. The van der Waals surface area contributed by atoms with E-state index in [4.69, 9.17) is 14.1 Å². The molecule has 11 heteroatoms. The van der Waals surface area contributed by atoms with E-state index in [1.165, 1.54) is 23.5 Å². The van der Waals surface area contributed by atoms with Crippen LogP contribution in [0.1, 0.15) is 55.2 Å². The molecular formula is C35H28BrN3O6S. The third-order valence-electron chi connectivity index (χ3n) is 7.62. The quantitative estimate of drug-likeness (QED) is 0.0980. The van der Waals surface area contributed by atoms with E-state index in [2.05, 4.69) is 29.8 Å². The van der Waals surface area contributed by atoms with Crippen LogP contribution in [0.4, 0.5) is 5.69 Å². The Kier molecular flexibility index (Phi) is 8.70. The van der Waals surface area contributed by atoms with Gasteiger partial charge in [0.05, 0.1) is 33.4 Å². The Hall–Kier alpha value is -4.87. The average Bonchev–Trinajstić information content (AvgIpc) is 3.64. The molecule has 0 bridgehead atoms. The topological polar surface area (TPSA) is 117 Å². The molecule has 0 saturated heterocycles. The lowest BCUT2D eigenvalue weighted by Crippen LogP contribution is -2.40. The van der Waals surface area contributed by atoms with Crippen LogP contribution in [0.15, 0.2) is 109 Å². The summed E-state index contributed by atoms with van der Waals surface area (Å²) < 4.78 is 14.0. The summed E-state index contributed by atoms with van der Waals surface area (Å²) >= 11 is 4.59. The van der Waals surface area contributed by atoms with Crippen molar-refractivity contribution in [1.82, 2.24) is 4.57 Å². The molecule has 3 aromatic carbocycles. The molecule has 0 spiro atoms. The van der Waals surface area contributed by atoms with Crippen molar-refractivity contribution < 1.29 is 18.9 Å². The molecule has 0 amide bonds.